The van der Waals surface area contributed by atoms with E-state index in [0.717, 1.165) is 41.5 Å². The molecule has 2 aliphatic rings. The number of ether oxygens (including phenoxy) is 3. The molecule has 0 aliphatic carbocycles. The summed E-state index contributed by atoms with van der Waals surface area (Å²) in [4.78, 5) is 58.7. The number of amides is 4. The zero-order valence-electron chi connectivity index (χ0n) is 33.2. The van der Waals surface area contributed by atoms with Gasteiger partial charge >= 0.3 is 0 Å². The van der Waals surface area contributed by atoms with Gasteiger partial charge < -0.3 is 19.5 Å². The number of piperidine rings is 1. The number of imide groups is 2. The number of sulfonamides is 1. The lowest BCUT2D eigenvalue weighted by molar-refractivity contribution is -0.136. The van der Waals surface area contributed by atoms with Gasteiger partial charge in [0.15, 0.2) is 5.75 Å². The number of carbonyl (C=O) groups excluding carboxylic acids is 4. The van der Waals surface area contributed by atoms with Crippen LogP contribution in [0, 0.1) is 11.3 Å². The molecule has 16 nitrogen and oxygen atoms in total. The number of nitriles is 1. The fourth-order valence-electron chi connectivity index (χ4n) is 6.74. The quantitative estimate of drug-likeness (QED) is 0.0801. The second-order valence-electron chi connectivity index (χ2n) is 14.8. The fourth-order valence-corrected chi connectivity index (χ4v) is 7.45. The van der Waals surface area contributed by atoms with Gasteiger partial charge in [-0.2, -0.15) is 5.26 Å². The fraction of sp³-hybridized carbons (Fsp3) is 0.357. The third-order valence-corrected chi connectivity index (χ3v) is 10.9. The molecule has 60 heavy (non-hydrogen) atoms. The van der Waals surface area contributed by atoms with E-state index >= 15 is 0 Å². The number of anilines is 2. The van der Waals surface area contributed by atoms with Gasteiger partial charge in [0.05, 0.1) is 41.2 Å². The molecule has 3 aromatic carbocycles. The number of fused-ring (bicyclic) bond motifs is 1. The molecule has 314 valence electrons. The molecule has 2 aliphatic heterocycles. The van der Waals surface area contributed by atoms with Crippen molar-refractivity contribution >= 4 is 56.9 Å². The number of nitrogens with zero attached hydrogens (tertiary/aromatic N) is 4. The standard InChI is InChI=1S/C42H44ClN7O9S/c1-42(2,28-7-10-31(11-8-28)59-25-26-23-46-41(47-24-26)49-60(3,55)56)29-19-27(22-44)37(34(43)20-29)58-17-6-4-5-16-57-18-15-45-30-9-12-32-33(21-30)40(54)50(39(32)53)35-13-14-36(51)48-38(35)52/h7-12,19-21,23-24,35,45H,4-6,13-18,25H2,1-3H3,(H,46,47,49)(H,48,51,52). The first-order valence-corrected chi connectivity index (χ1v) is 21.5. The van der Waals surface area contributed by atoms with E-state index in [9.17, 15) is 32.9 Å². The summed E-state index contributed by atoms with van der Waals surface area (Å²) in [7, 11) is -3.47. The summed E-state index contributed by atoms with van der Waals surface area (Å²) in [6, 6.07) is 17.2. The molecule has 0 spiro atoms. The predicted octanol–water partition coefficient (Wildman–Crippen LogP) is 5.36. The number of hydrogen-bond donors (Lipinski definition) is 3. The molecule has 1 atom stereocenters. The second kappa shape index (κ2) is 18.9. The zero-order valence-corrected chi connectivity index (χ0v) is 34.8. The largest absolute Gasteiger partial charge is 0.491 e. The maximum atomic E-state index is 13.1. The van der Waals surface area contributed by atoms with Crippen molar-refractivity contribution in [3.63, 3.8) is 0 Å². The van der Waals surface area contributed by atoms with Crippen molar-refractivity contribution in [2.24, 2.45) is 0 Å². The Bertz CT molecular complexity index is 2420. The lowest BCUT2D eigenvalue weighted by atomic mass is 9.77. The smallest absolute Gasteiger partial charge is 0.262 e. The minimum atomic E-state index is -3.47. The van der Waals surface area contributed by atoms with E-state index < -0.39 is 45.1 Å². The molecule has 0 radical (unpaired) electrons. The normalized spacial score (nSPS) is 15.3. The number of benzene rings is 3. The zero-order chi connectivity index (χ0) is 43.0. The van der Waals surface area contributed by atoms with Crippen molar-refractivity contribution in [2.45, 2.75) is 64.0 Å². The molecule has 4 aromatic rings. The first kappa shape index (κ1) is 43.5. The van der Waals surface area contributed by atoms with Gasteiger partial charge in [-0.15, -0.1) is 0 Å². The van der Waals surface area contributed by atoms with Crippen LogP contribution in [0.2, 0.25) is 5.02 Å². The van der Waals surface area contributed by atoms with E-state index in [4.69, 9.17) is 25.8 Å². The lowest BCUT2D eigenvalue weighted by Gasteiger charge is -2.27. The molecule has 1 aromatic heterocycles. The van der Waals surface area contributed by atoms with Gasteiger partial charge in [-0.05, 0) is 79.3 Å². The Balaban J connectivity index is 0.899. The van der Waals surface area contributed by atoms with Crippen LogP contribution in [-0.4, -0.2) is 85.6 Å². The summed E-state index contributed by atoms with van der Waals surface area (Å²) in [5, 5.41) is 15.7. The Morgan fingerprint density at radius 1 is 0.917 bits per heavy atom. The van der Waals surface area contributed by atoms with Crippen LogP contribution in [0.3, 0.4) is 0 Å². The Labute approximate surface area is 352 Å². The van der Waals surface area contributed by atoms with E-state index in [2.05, 4.69) is 31.4 Å². The number of unbranched alkanes of at least 4 members (excludes halogenated alkanes) is 2. The topological polar surface area (TPSA) is 219 Å². The van der Waals surface area contributed by atoms with Gasteiger partial charge in [0.2, 0.25) is 27.8 Å². The van der Waals surface area contributed by atoms with Gasteiger partial charge in [0.1, 0.15) is 24.5 Å². The molecule has 4 amide bonds. The third kappa shape index (κ3) is 10.6. The summed E-state index contributed by atoms with van der Waals surface area (Å²) in [6.45, 7) is 6.03. The molecular weight excluding hydrogens is 814 g/mol. The van der Waals surface area contributed by atoms with Crippen LogP contribution < -0.4 is 24.8 Å². The van der Waals surface area contributed by atoms with Crippen LogP contribution in [0.15, 0.2) is 67.0 Å². The average Bonchev–Trinajstić information content (AvgIpc) is 3.45. The number of aromatic nitrogens is 2. The van der Waals surface area contributed by atoms with Gasteiger partial charge in [-0.3, -0.25) is 34.1 Å². The van der Waals surface area contributed by atoms with Crippen LogP contribution in [0.4, 0.5) is 11.6 Å². The summed E-state index contributed by atoms with van der Waals surface area (Å²) in [5.74, 6) is -1.24. The number of halogens is 1. The first-order chi connectivity index (χ1) is 28.6. The van der Waals surface area contributed by atoms with Crippen molar-refractivity contribution in [1.29, 1.82) is 5.26 Å². The SMILES string of the molecule is CC(C)(c1ccc(OCc2cnc(NS(C)(=O)=O)nc2)cc1)c1cc(Cl)c(OCCCCCOCCNc2ccc3c(c2)C(=O)N(C2CCC(=O)NC2=O)C3=O)c(C#N)c1. The van der Waals surface area contributed by atoms with E-state index in [0.29, 0.717) is 59.7 Å². The van der Waals surface area contributed by atoms with Crippen molar-refractivity contribution in [1.82, 2.24) is 20.2 Å². The number of carbonyl (C=O) groups is 4. The van der Waals surface area contributed by atoms with Gasteiger partial charge in [0, 0.05) is 48.6 Å². The summed E-state index contributed by atoms with van der Waals surface area (Å²) < 4.78 is 42.6. The van der Waals surface area contributed by atoms with Gasteiger partial charge in [0.25, 0.3) is 11.8 Å². The molecule has 1 saturated heterocycles. The minimum absolute atomic E-state index is 0.0180. The third-order valence-electron chi connectivity index (χ3n) is 10.0. The molecule has 3 N–H and O–H groups in total. The summed E-state index contributed by atoms with van der Waals surface area (Å²) in [6.07, 6.45) is 6.49. The Morgan fingerprint density at radius 2 is 1.63 bits per heavy atom. The minimum Gasteiger partial charge on any atom is -0.491 e. The Kier molecular flexibility index (Phi) is 13.7. The molecule has 3 heterocycles. The van der Waals surface area contributed by atoms with E-state index in [1.807, 2.05) is 44.2 Å². The van der Waals surface area contributed by atoms with Crippen molar-refractivity contribution in [2.75, 3.05) is 42.7 Å². The second-order valence-corrected chi connectivity index (χ2v) is 17.0. The van der Waals surface area contributed by atoms with Crippen molar-refractivity contribution < 1.29 is 41.8 Å². The molecule has 1 fully saturated rings. The predicted molar refractivity (Wildman–Crippen MR) is 221 cm³/mol. The molecular formula is C42H44ClN7O9S. The van der Waals surface area contributed by atoms with E-state index in [-0.39, 0.29) is 36.5 Å². The van der Waals surface area contributed by atoms with Crippen molar-refractivity contribution in [3.05, 3.63) is 105 Å². The Hall–Kier alpha value is -6.09. The highest BCUT2D eigenvalue weighted by molar-refractivity contribution is 7.92. The average molecular weight is 858 g/mol. The van der Waals surface area contributed by atoms with Crippen LogP contribution in [0.1, 0.15) is 88.9 Å². The molecule has 6 rings (SSSR count). The van der Waals surface area contributed by atoms with Crippen molar-refractivity contribution in [3.8, 4) is 17.6 Å². The Morgan fingerprint density at radius 3 is 2.33 bits per heavy atom. The highest BCUT2D eigenvalue weighted by Crippen LogP contribution is 2.39. The van der Waals surface area contributed by atoms with Crippen LogP contribution in [0.25, 0.3) is 0 Å². The highest BCUT2D eigenvalue weighted by Gasteiger charge is 2.44. The summed E-state index contributed by atoms with van der Waals surface area (Å²) >= 11 is 6.69. The van der Waals surface area contributed by atoms with Gasteiger partial charge in [-0.25, -0.2) is 18.4 Å². The molecule has 1 unspecified atom stereocenters. The number of rotatable bonds is 19. The number of nitrogens with one attached hydrogen (secondary N) is 3. The maximum absolute atomic E-state index is 13.1. The van der Waals surface area contributed by atoms with Gasteiger partial charge in [-0.1, -0.05) is 37.6 Å². The monoisotopic (exact) mass is 857 g/mol. The highest BCUT2D eigenvalue weighted by atomic mass is 35.5. The number of hydrogen-bond acceptors (Lipinski definition) is 13. The van der Waals surface area contributed by atoms with Crippen LogP contribution >= 0.6 is 11.6 Å². The molecule has 18 heteroatoms. The van der Waals surface area contributed by atoms with E-state index in [1.165, 1.54) is 12.4 Å². The van der Waals surface area contributed by atoms with Crippen LogP contribution in [-0.2, 0) is 36.4 Å². The van der Waals surface area contributed by atoms with Crippen LogP contribution in [0.5, 0.6) is 11.5 Å². The molecule has 0 saturated carbocycles. The van der Waals surface area contributed by atoms with E-state index in [1.54, 1.807) is 24.3 Å². The summed E-state index contributed by atoms with van der Waals surface area (Å²) in [5.41, 5.74) is 3.36. The lowest BCUT2D eigenvalue weighted by Crippen LogP contribution is -2.54. The first-order valence-electron chi connectivity index (χ1n) is 19.2. The molecule has 0 bridgehead atoms. The maximum Gasteiger partial charge on any atom is 0.262 e.